The number of halogens is 3. The number of aromatic nitrogens is 1. The van der Waals surface area contributed by atoms with Gasteiger partial charge in [0.05, 0.1) is 19.7 Å². The average molecular weight is 317 g/mol. The minimum absolute atomic E-state index is 0.00882. The number of aliphatic hydroxyl groups excluding tert-OH is 1. The fraction of sp³-hybridized carbons (Fsp3) is 0.231. The van der Waals surface area contributed by atoms with Crippen LogP contribution in [0.4, 0.5) is 18.9 Å². The van der Waals surface area contributed by atoms with Crippen LogP contribution in [0, 0.1) is 0 Å². The van der Waals surface area contributed by atoms with Gasteiger partial charge in [0.2, 0.25) is 0 Å². The Bertz CT molecular complexity index is 750. The summed E-state index contributed by atoms with van der Waals surface area (Å²) < 4.78 is 47.8. The lowest BCUT2D eigenvalue weighted by Gasteiger charge is -2.07. The third-order valence-electron chi connectivity index (χ3n) is 2.91. The van der Waals surface area contributed by atoms with Crippen LogP contribution in [-0.2, 0) is 4.74 Å². The van der Waals surface area contributed by atoms with Gasteiger partial charge in [0, 0.05) is 17.6 Å². The number of alkyl halides is 3. The molecule has 9 heteroatoms. The zero-order valence-electron chi connectivity index (χ0n) is 11.6. The largest absolute Gasteiger partial charge is 0.550 e. The summed E-state index contributed by atoms with van der Waals surface area (Å²) in [6.45, 7) is 0. The number of methoxy groups -OCH3 is 2. The predicted molar refractivity (Wildman–Crippen MR) is 70.4 cm³/mol. The molecule has 0 bridgehead atoms. The summed E-state index contributed by atoms with van der Waals surface area (Å²) in [6.07, 6.45) is -4.55. The van der Waals surface area contributed by atoms with Crippen LogP contribution in [0.1, 0.15) is 4.79 Å². The van der Waals surface area contributed by atoms with Crippen LogP contribution in [0.5, 0.6) is 5.75 Å². The molecule has 22 heavy (non-hydrogen) atoms. The molecule has 0 spiro atoms. The molecule has 0 saturated carbocycles. The van der Waals surface area contributed by atoms with E-state index >= 15 is 0 Å². The fourth-order valence-electron chi connectivity index (χ4n) is 1.91. The third-order valence-corrected chi connectivity index (χ3v) is 2.91. The zero-order chi connectivity index (χ0) is 16.5. The fourth-order valence-corrected chi connectivity index (χ4v) is 1.91. The Labute approximate surface area is 122 Å². The van der Waals surface area contributed by atoms with Gasteiger partial charge in [-0.1, -0.05) is 0 Å². The maximum atomic E-state index is 12.6. The summed E-state index contributed by atoms with van der Waals surface area (Å²) in [5.41, 5.74) is 0.152. The summed E-state index contributed by atoms with van der Waals surface area (Å²) in [6, 6.07) is 4.03. The van der Waals surface area contributed by atoms with Gasteiger partial charge in [-0.05, 0) is 12.1 Å². The SMILES string of the molecule is COC(O)=[NH+]c1cc2c(ccn2C(=O)C(F)(F)F)cc1OC. The summed E-state index contributed by atoms with van der Waals surface area (Å²) in [5.74, 6) is -1.76. The standard InChI is InChI=1S/C13H11F3N2O4/c1-21-10-5-7-3-4-18(11(19)13(14,15)16)9(7)6-8(10)17-12(20)22-2/h3-6H,1-2H3,(H,17,20)/p+1. The van der Waals surface area contributed by atoms with Crippen molar-refractivity contribution in [2.45, 2.75) is 6.18 Å². The van der Waals surface area contributed by atoms with E-state index in [2.05, 4.69) is 9.73 Å². The van der Waals surface area contributed by atoms with Crippen LogP contribution in [0.3, 0.4) is 0 Å². The number of aliphatic hydroxyl groups is 1. The van der Waals surface area contributed by atoms with Gasteiger partial charge >= 0.3 is 18.2 Å². The van der Waals surface area contributed by atoms with Crippen LogP contribution in [-0.4, -0.2) is 42.1 Å². The third kappa shape index (κ3) is 2.83. The Balaban J connectivity index is 2.65. The molecule has 0 amide bonds. The van der Waals surface area contributed by atoms with Gasteiger partial charge in [0.25, 0.3) is 5.69 Å². The Hall–Kier alpha value is -2.71. The number of ether oxygens (including phenoxy) is 2. The van der Waals surface area contributed by atoms with E-state index in [0.29, 0.717) is 9.95 Å². The van der Waals surface area contributed by atoms with Crippen LogP contribution in [0.15, 0.2) is 24.4 Å². The van der Waals surface area contributed by atoms with E-state index in [1.807, 2.05) is 0 Å². The van der Waals surface area contributed by atoms with Crippen molar-refractivity contribution in [1.82, 2.24) is 4.57 Å². The van der Waals surface area contributed by atoms with Crippen LogP contribution >= 0.6 is 0 Å². The molecule has 2 N–H and O–H groups in total. The first kappa shape index (κ1) is 15.7. The molecule has 1 aromatic heterocycles. The molecule has 0 atom stereocenters. The second kappa shape index (κ2) is 5.58. The smallest absolute Gasteiger partial charge is 0.490 e. The lowest BCUT2D eigenvalue weighted by atomic mass is 10.2. The monoisotopic (exact) mass is 317 g/mol. The maximum absolute atomic E-state index is 12.6. The van der Waals surface area contributed by atoms with Crippen molar-refractivity contribution in [3.05, 3.63) is 24.4 Å². The first-order valence-electron chi connectivity index (χ1n) is 5.95. The zero-order valence-corrected chi connectivity index (χ0v) is 11.6. The number of hydrogen-bond donors (Lipinski definition) is 2. The molecule has 0 unspecified atom stereocenters. The van der Waals surface area contributed by atoms with Gasteiger partial charge in [-0.2, -0.15) is 13.2 Å². The van der Waals surface area contributed by atoms with Crippen LogP contribution in [0.2, 0.25) is 0 Å². The minimum Gasteiger partial charge on any atom is -0.490 e. The van der Waals surface area contributed by atoms with Crippen molar-refractivity contribution in [3.8, 4) is 5.75 Å². The average Bonchev–Trinajstić information content (AvgIpc) is 2.86. The molecular formula is C13H12F3N2O4+. The molecule has 6 nitrogen and oxygen atoms in total. The van der Waals surface area contributed by atoms with Crippen molar-refractivity contribution >= 4 is 28.6 Å². The molecule has 1 aromatic carbocycles. The topological polar surface area (TPSA) is 74.7 Å². The van der Waals surface area contributed by atoms with E-state index in [0.717, 1.165) is 6.20 Å². The Morgan fingerprint density at radius 3 is 2.55 bits per heavy atom. The maximum Gasteiger partial charge on any atom is 0.550 e. The quantitative estimate of drug-likeness (QED) is 0.643. The highest BCUT2D eigenvalue weighted by Gasteiger charge is 2.40. The van der Waals surface area contributed by atoms with Crippen molar-refractivity contribution < 1.29 is 37.5 Å². The molecule has 0 radical (unpaired) electrons. The number of hydrogen-bond acceptors (Lipinski definition) is 3. The molecule has 2 aromatic rings. The summed E-state index contributed by atoms with van der Waals surface area (Å²) in [4.78, 5) is 13.8. The predicted octanol–water partition coefficient (Wildman–Crippen LogP) is 1.12. The van der Waals surface area contributed by atoms with E-state index < -0.39 is 18.2 Å². The second-order valence-electron chi connectivity index (χ2n) is 4.23. The van der Waals surface area contributed by atoms with Crippen LogP contribution in [0.25, 0.3) is 10.9 Å². The molecular weight excluding hydrogens is 305 g/mol. The first-order valence-corrected chi connectivity index (χ1v) is 5.95. The summed E-state index contributed by atoms with van der Waals surface area (Å²) >= 11 is 0. The van der Waals surface area contributed by atoms with Gasteiger partial charge in [-0.3, -0.25) is 9.36 Å². The van der Waals surface area contributed by atoms with Gasteiger partial charge in [0.1, 0.15) is 0 Å². The van der Waals surface area contributed by atoms with Gasteiger partial charge in [0.15, 0.2) is 5.75 Å². The molecule has 0 saturated heterocycles. The highest BCUT2D eigenvalue weighted by molar-refractivity contribution is 5.96. The molecule has 0 fully saturated rings. The highest BCUT2D eigenvalue weighted by Crippen LogP contribution is 2.29. The van der Waals surface area contributed by atoms with Gasteiger partial charge in [-0.15, -0.1) is 4.99 Å². The summed E-state index contributed by atoms with van der Waals surface area (Å²) in [7, 11) is 2.55. The highest BCUT2D eigenvalue weighted by atomic mass is 19.4. The normalized spacial score (nSPS) is 12.5. The van der Waals surface area contributed by atoms with E-state index in [1.54, 1.807) is 0 Å². The molecule has 0 aliphatic heterocycles. The number of nitrogens with zero attached hydrogens (tertiary/aromatic N) is 1. The van der Waals surface area contributed by atoms with E-state index in [9.17, 15) is 23.1 Å². The molecule has 0 aliphatic rings. The Kier molecular flexibility index (Phi) is 3.98. The minimum atomic E-state index is -5.00. The van der Waals surface area contributed by atoms with E-state index in [1.165, 1.54) is 32.4 Å². The molecule has 1 heterocycles. The van der Waals surface area contributed by atoms with Crippen molar-refractivity contribution in [1.29, 1.82) is 0 Å². The number of carbonyl (C=O) groups excluding carboxylic acids is 1. The first-order chi connectivity index (χ1) is 10.3. The van der Waals surface area contributed by atoms with Gasteiger partial charge in [-0.25, -0.2) is 0 Å². The van der Waals surface area contributed by atoms with Crippen molar-refractivity contribution in [2.75, 3.05) is 14.2 Å². The van der Waals surface area contributed by atoms with Crippen molar-refractivity contribution in [2.24, 2.45) is 0 Å². The summed E-state index contributed by atoms with van der Waals surface area (Å²) in [5, 5.41) is 9.71. The molecule has 2 rings (SSSR count). The molecule has 0 aliphatic carbocycles. The number of benzene rings is 1. The Morgan fingerprint density at radius 1 is 1.32 bits per heavy atom. The number of nitrogens with one attached hydrogen (secondary N) is 1. The second-order valence-corrected chi connectivity index (χ2v) is 4.23. The molecule has 118 valence electrons. The van der Waals surface area contributed by atoms with Crippen LogP contribution < -0.4 is 9.73 Å². The number of fused-ring (bicyclic) bond motifs is 1. The van der Waals surface area contributed by atoms with E-state index in [4.69, 9.17) is 4.74 Å². The van der Waals surface area contributed by atoms with Crippen molar-refractivity contribution in [3.63, 3.8) is 0 Å². The number of carbonyl (C=O) groups is 1. The lowest BCUT2D eigenvalue weighted by molar-refractivity contribution is -0.381. The Morgan fingerprint density at radius 2 is 2.00 bits per heavy atom. The number of rotatable bonds is 2. The van der Waals surface area contributed by atoms with E-state index in [-0.39, 0.29) is 17.0 Å². The van der Waals surface area contributed by atoms with Gasteiger partial charge < -0.3 is 14.6 Å². The lowest BCUT2D eigenvalue weighted by Crippen LogP contribution is -2.67.